The van der Waals surface area contributed by atoms with Crippen LogP contribution in [0.15, 0.2) is 0 Å². The van der Waals surface area contributed by atoms with Gasteiger partial charge in [0.25, 0.3) is 0 Å². The Morgan fingerprint density at radius 2 is 1.00 bits per heavy atom. The van der Waals surface area contributed by atoms with E-state index < -0.39 is 10.4 Å². The van der Waals surface area contributed by atoms with Gasteiger partial charge in [0.05, 0.1) is 26.4 Å². The van der Waals surface area contributed by atoms with Crippen LogP contribution in [0.2, 0.25) is 0 Å². The van der Waals surface area contributed by atoms with Crippen LogP contribution >= 0.6 is 0 Å². The van der Waals surface area contributed by atoms with Crippen LogP contribution < -0.4 is 0 Å². The lowest BCUT2D eigenvalue weighted by Crippen LogP contribution is -2.12. The second-order valence-corrected chi connectivity index (χ2v) is 7.40. The first-order valence-corrected chi connectivity index (χ1v) is 11.2. The van der Waals surface area contributed by atoms with Crippen molar-refractivity contribution in [3.63, 3.8) is 0 Å². The van der Waals surface area contributed by atoms with Crippen molar-refractivity contribution >= 4 is 10.4 Å². The molecule has 0 rings (SSSR count). The number of rotatable bonds is 20. The summed E-state index contributed by atoms with van der Waals surface area (Å²) in [6, 6.07) is 0. The molecule has 6 nitrogen and oxygen atoms in total. The first-order valence-electron chi connectivity index (χ1n) is 9.82. The maximum absolute atomic E-state index is 10.2. The second kappa shape index (κ2) is 18.6. The van der Waals surface area contributed by atoms with Gasteiger partial charge in [-0.3, -0.25) is 4.18 Å². The van der Waals surface area contributed by atoms with E-state index in [4.69, 9.17) is 9.47 Å². The van der Waals surface area contributed by atoms with Gasteiger partial charge < -0.3 is 14.0 Å². The quantitative estimate of drug-likeness (QED) is 0.178. The third-order valence-corrected chi connectivity index (χ3v) is 4.42. The number of hydrogen-bond acceptors (Lipinski definition) is 6. The molecule has 0 amide bonds. The van der Waals surface area contributed by atoms with E-state index in [0.717, 1.165) is 13.0 Å². The molecule has 0 unspecified atom stereocenters. The van der Waals surface area contributed by atoms with Crippen LogP contribution in [0, 0.1) is 0 Å². The van der Waals surface area contributed by atoms with Crippen LogP contribution in [-0.2, 0) is 24.1 Å². The van der Waals surface area contributed by atoms with Gasteiger partial charge in [0.1, 0.15) is 0 Å². The Balaban J connectivity index is 3.03. The van der Waals surface area contributed by atoms with E-state index in [0.29, 0.717) is 13.2 Å². The summed E-state index contributed by atoms with van der Waals surface area (Å²) in [6.45, 7) is 3.66. The van der Waals surface area contributed by atoms with Crippen LogP contribution in [-0.4, -0.2) is 46.0 Å². The van der Waals surface area contributed by atoms with Gasteiger partial charge in [0.15, 0.2) is 0 Å². The molecule has 0 bridgehead atoms. The highest BCUT2D eigenvalue weighted by Crippen LogP contribution is 2.11. The first-order chi connectivity index (χ1) is 12.1. The van der Waals surface area contributed by atoms with Crippen molar-refractivity contribution in [3.05, 3.63) is 0 Å². The molecular weight excluding hydrogens is 344 g/mol. The van der Waals surface area contributed by atoms with Crippen LogP contribution in [0.1, 0.15) is 84.0 Å². The van der Waals surface area contributed by atoms with Crippen molar-refractivity contribution in [2.75, 3.05) is 33.0 Å². The number of hydrogen-bond donors (Lipinski definition) is 0. The molecule has 0 aliphatic rings. The standard InChI is InChI=1S/C18H38O6S/c1-2-3-4-5-6-7-8-9-10-11-12-13-14-22-15-16-23-17-18-24-25(19,20)21/h2-18H2,1H3,(H,19,20,21)/p-1. The average Bonchev–Trinajstić information content (AvgIpc) is 2.56. The molecule has 0 spiro atoms. The Hall–Kier alpha value is -0.210. The minimum Gasteiger partial charge on any atom is -0.726 e. The first kappa shape index (κ1) is 24.8. The summed E-state index contributed by atoms with van der Waals surface area (Å²) in [7, 11) is -4.61. The lowest BCUT2D eigenvalue weighted by Gasteiger charge is -2.08. The van der Waals surface area contributed by atoms with Crippen LogP contribution in [0.25, 0.3) is 0 Å². The highest BCUT2D eigenvalue weighted by molar-refractivity contribution is 7.80. The predicted molar refractivity (Wildman–Crippen MR) is 98.4 cm³/mol. The Kier molecular flexibility index (Phi) is 18.4. The molecule has 25 heavy (non-hydrogen) atoms. The maximum atomic E-state index is 10.2. The fraction of sp³-hybridized carbons (Fsp3) is 1.00. The molecule has 152 valence electrons. The van der Waals surface area contributed by atoms with E-state index in [1.54, 1.807) is 0 Å². The van der Waals surface area contributed by atoms with Gasteiger partial charge in [-0.25, -0.2) is 8.42 Å². The van der Waals surface area contributed by atoms with Crippen LogP contribution in [0.3, 0.4) is 0 Å². The minimum atomic E-state index is -4.61. The zero-order chi connectivity index (χ0) is 18.6. The minimum absolute atomic E-state index is 0.0729. The third kappa shape index (κ3) is 23.8. The molecule has 0 fully saturated rings. The van der Waals surface area contributed by atoms with Gasteiger partial charge in [-0.2, -0.15) is 0 Å². The van der Waals surface area contributed by atoms with Crippen molar-refractivity contribution in [2.45, 2.75) is 84.0 Å². The SMILES string of the molecule is CCCCCCCCCCCCCCOCCOCCOS(=O)(=O)[O-]. The normalized spacial score (nSPS) is 11.9. The van der Waals surface area contributed by atoms with E-state index >= 15 is 0 Å². The summed E-state index contributed by atoms with van der Waals surface area (Å²) in [4.78, 5) is 0. The Bertz CT molecular complexity index is 359. The third-order valence-electron chi connectivity index (χ3n) is 3.97. The van der Waals surface area contributed by atoms with Crippen molar-refractivity contribution in [1.29, 1.82) is 0 Å². The van der Waals surface area contributed by atoms with Crippen molar-refractivity contribution in [1.82, 2.24) is 0 Å². The monoisotopic (exact) mass is 381 g/mol. The average molecular weight is 382 g/mol. The summed E-state index contributed by atoms with van der Waals surface area (Å²) < 4.78 is 45.0. The zero-order valence-corrected chi connectivity index (χ0v) is 16.7. The molecule has 0 aromatic heterocycles. The molecular formula is C18H37O6S-. The highest BCUT2D eigenvalue weighted by Gasteiger charge is 1.96. The van der Waals surface area contributed by atoms with E-state index in [1.165, 1.54) is 70.6 Å². The molecule has 0 heterocycles. The van der Waals surface area contributed by atoms with Crippen molar-refractivity contribution in [2.24, 2.45) is 0 Å². The zero-order valence-electron chi connectivity index (χ0n) is 15.9. The molecule has 0 aliphatic carbocycles. The van der Waals surface area contributed by atoms with Gasteiger partial charge in [0.2, 0.25) is 10.4 Å². The Labute approximate surface area is 154 Å². The van der Waals surface area contributed by atoms with Gasteiger partial charge in [-0.15, -0.1) is 0 Å². The highest BCUT2D eigenvalue weighted by atomic mass is 32.3. The van der Waals surface area contributed by atoms with Crippen molar-refractivity contribution in [3.8, 4) is 0 Å². The molecule has 0 aliphatic heterocycles. The lowest BCUT2D eigenvalue weighted by atomic mass is 10.1. The second-order valence-electron chi connectivity index (χ2n) is 6.34. The summed E-state index contributed by atoms with van der Waals surface area (Å²) in [5.74, 6) is 0. The Morgan fingerprint density at radius 1 is 0.600 bits per heavy atom. The molecule has 0 aromatic carbocycles. The summed E-state index contributed by atoms with van der Waals surface area (Å²) >= 11 is 0. The predicted octanol–water partition coefficient (Wildman–Crippen LogP) is 4.20. The smallest absolute Gasteiger partial charge is 0.217 e. The van der Waals surface area contributed by atoms with Crippen molar-refractivity contribution < 1.29 is 26.6 Å². The fourth-order valence-electron chi connectivity index (χ4n) is 2.56. The van der Waals surface area contributed by atoms with E-state index in [9.17, 15) is 13.0 Å². The molecule has 0 atom stereocenters. The summed E-state index contributed by atoms with van der Waals surface area (Å²) in [5.41, 5.74) is 0. The fourth-order valence-corrected chi connectivity index (χ4v) is 2.83. The van der Waals surface area contributed by atoms with Crippen LogP contribution in [0.5, 0.6) is 0 Å². The molecule has 0 saturated carbocycles. The lowest BCUT2D eigenvalue weighted by molar-refractivity contribution is 0.0345. The Morgan fingerprint density at radius 3 is 1.48 bits per heavy atom. The molecule has 0 radical (unpaired) electrons. The molecule has 0 saturated heterocycles. The van der Waals surface area contributed by atoms with E-state index in [2.05, 4.69) is 11.1 Å². The van der Waals surface area contributed by atoms with Gasteiger partial charge in [-0.1, -0.05) is 77.6 Å². The van der Waals surface area contributed by atoms with Gasteiger partial charge >= 0.3 is 0 Å². The largest absolute Gasteiger partial charge is 0.726 e. The molecule has 0 aromatic rings. The molecule has 0 N–H and O–H groups in total. The number of ether oxygens (including phenoxy) is 2. The molecule has 7 heteroatoms. The van der Waals surface area contributed by atoms with Gasteiger partial charge in [-0.05, 0) is 6.42 Å². The van der Waals surface area contributed by atoms with Crippen LogP contribution in [0.4, 0.5) is 0 Å². The topological polar surface area (TPSA) is 84.9 Å². The number of unbranched alkanes of at least 4 members (excludes halogenated alkanes) is 11. The van der Waals surface area contributed by atoms with Gasteiger partial charge in [0, 0.05) is 6.61 Å². The summed E-state index contributed by atoms with van der Waals surface area (Å²) in [5, 5.41) is 0. The van der Waals surface area contributed by atoms with E-state index in [1.807, 2.05) is 0 Å². The summed E-state index contributed by atoms with van der Waals surface area (Å²) in [6.07, 6.45) is 15.9. The maximum Gasteiger partial charge on any atom is 0.217 e. The van der Waals surface area contributed by atoms with E-state index in [-0.39, 0.29) is 13.2 Å².